The lowest BCUT2D eigenvalue weighted by molar-refractivity contribution is -0.136. The first kappa shape index (κ1) is 20.3. The van der Waals surface area contributed by atoms with E-state index < -0.39 is 0 Å². The number of carbonyl (C=O) groups is 1. The molecule has 2 aliphatic heterocycles. The van der Waals surface area contributed by atoms with Gasteiger partial charge in [0.05, 0.1) is 5.39 Å². The first-order valence-corrected chi connectivity index (χ1v) is 10.4. The number of rotatable bonds is 2. The van der Waals surface area contributed by atoms with Gasteiger partial charge in [0.1, 0.15) is 17.0 Å². The van der Waals surface area contributed by atoms with E-state index in [1.807, 2.05) is 0 Å². The standard InChI is InChI=1S/C19H27N5OS.ClH/c1-13-14(2)26-18-16(13)17(21-12-22-18)23-9-4-15(5-10-23)19(25)24-8-3-6-20-7-11-24;/h12,15,20H,3-11H2,1-2H3;1H. The molecule has 2 aromatic heterocycles. The molecule has 2 saturated heterocycles. The van der Waals surface area contributed by atoms with Gasteiger partial charge in [0.2, 0.25) is 5.91 Å². The maximum atomic E-state index is 12.9. The van der Waals surface area contributed by atoms with Crippen LogP contribution in [0.25, 0.3) is 10.2 Å². The SMILES string of the molecule is Cc1sc2ncnc(N3CCC(C(=O)N4CCCNCC4)CC3)c2c1C.Cl. The number of carbonyl (C=O) groups excluding carboxylic acids is 1. The number of nitrogens with zero attached hydrogens (tertiary/aromatic N) is 4. The third-order valence-corrected chi connectivity index (χ3v) is 6.86. The third kappa shape index (κ3) is 4.05. The number of halogens is 1. The fourth-order valence-corrected chi connectivity index (χ4v) is 5.06. The van der Waals surface area contributed by atoms with Crippen LogP contribution in [0.2, 0.25) is 0 Å². The zero-order chi connectivity index (χ0) is 18.1. The van der Waals surface area contributed by atoms with Crippen LogP contribution in [0.3, 0.4) is 0 Å². The molecule has 8 heteroatoms. The average Bonchev–Trinajstić information content (AvgIpc) is 2.85. The summed E-state index contributed by atoms with van der Waals surface area (Å²) in [5.41, 5.74) is 1.29. The molecule has 4 rings (SSSR count). The number of nitrogens with one attached hydrogen (secondary N) is 1. The molecule has 2 aliphatic rings. The lowest BCUT2D eigenvalue weighted by Gasteiger charge is -2.34. The van der Waals surface area contributed by atoms with Crippen LogP contribution in [0.1, 0.15) is 29.7 Å². The Labute approximate surface area is 170 Å². The molecule has 2 aromatic rings. The van der Waals surface area contributed by atoms with Gasteiger partial charge in [-0.2, -0.15) is 0 Å². The Bertz CT molecular complexity index is 795. The molecule has 6 nitrogen and oxygen atoms in total. The molecular weight excluding hydrogens is 382 g/mol. The van der Waals surface area contributed by atoms with Crippen molar-refractivity contribution in [2.75, 3.05) is 44.2 Å². The van der Waals surface area contributed by atoms with E-state index in [0.717, 1.165) is 69.2 Å². The van der Waals surface area contributed by atoms with E-state index in [-0.39, 0.29) is 18.3 Å². The van der Waals surface area contributed by atoms with E-state index in [0.29, 0.717) is 5.91 Å². The third-order valence-electron chi connectivity index (χ3n) is 5.74. The first-order chi connectivity index (χ1) is 12.6. The van der Waals surface area contributed by atoms with Crippen LogP contribution in [-0.4, -0.2) is 60.0 Å². The molecule has 0 unspecified atom stereocenters. The van der Waals surface area contributed by atoms with Crippen molar-refractivity contribution >= 4 is 45.7 Å². The molecule has 0 radical (unpaired) electrons. The summed E-state index contributed by atoms with van der Waals surface area (Å²) in [5.74, 6) is 1.55. The molecule has 0 atom stereocenters. The number of thiophene rings is 1. The van der Waals surface area contributed by atoms with Crippen molar-refractivity contribution in [3.63, 3.8) is 0 Å². The van der Waals surface area contributed by atoms with E-state index in [2.05, 4.69) is 38.9 Å². The highest BCUT2D eigenvalue weighted by molar-refractivity contribution is 7.18. The Kier molecular flexibility index (Phi) is 6.55. The molecule has 0 bridgehead atoms. The summed E-state index contributed by atoms with van der Waals surface area (Å²) in [6.07, 6.45) is 4.56. The molecule has 0 aliphatic carbocycles. The first-order valence-electron chi connectivity index (χ1n) is 9.60. The van der Waals surface area contributed by atoms with Crippen molar-refractivity contribution in [3.8, 4) is 0 Å². The van der Waals surface area contributed by atoms with Crippen LogP contribution >= 0.6 is 23.7 Å². The van der Waals surface area contributed by atoms with Crippen LogP contribution in [0, 0.1) is 19.8 Å². The normalized spacial score (nSPS) is 19.0. The van der Waals surface area contributed by atoms with Crippen molar-refractivity contribution in [1.82, 2.24) is 20.2 Å². The quantitative estimate of drug-likeness (QED) is 0.826. The number of hydrogen-bond donors (Lipinski definition) is 1. The fraction of sp³-hybridized carbons (Fsp3) is 0.632. The fourth-order valence-electron chi connectivity index (χ4n) is 4.07. The predicted molar refractivity (Wildman–Crippen MR) is 113 cm³/mol. The number of piperidine rings is 1. The highest BCUT2D eigenvalue weighted by Gasteiger charge is 2.30. The topological polar surface area (TPSA) is 61.4 Å². The van der Waals surface area contributed by atoms with Gasteiger partial charge < -0.3 is 15.1 Å². The van der Waals surface area contributed by atoms with Crippen molar-refractivity contribution in [1.29, 1.82) is 0 Å². The zero-order valence-corrected chi connectivity index (χ0v) is 17.7. The van der Waals surface area contributed by atoms with Gasteiger partial charge in [-0.3, -0.25) is 4.79 Å². The predicted octanol–water partition coefficient (Wildman–Crippen LogP) is 2.77. The number of anilines is 1. The number of hydrogen-bond acceptors (Lipinski definition) is 6. The van der Waals surface area contributed by atoms with Crippen LogP contribution in [0.15, 0.2) is 6.33 Å². The largest absolute Gasteiger partial charge is 0.356 e. The summed E-state index contributed by atoms with van der Waals surface area (Å²) in [7, 11) is 0. The van der Waals surface area contributed by atoms with E-state index in [1.54, 1.807) is 17.7 Å². The highest BCUT2D eigenvalue weighted by atomic mass is 35.5. The number of aryl methyl sites for hydroxylation is 2. The minimum atomic E-state index is 0. The average molecular weight is 410 g/mol. The van der Waals surface area contributed by atoms with Gasteiger partial charge in [0.25, 0.3) is 0 Å². The van der Waals surface area contributed by atoms with Crippen molar-refractivity contribution in [3.05, 3.63) is 16.8 Å². The minimum Gasteiger partial charge on any atom is -0.356 e. The monoisotopic (exact) mass is 409 g/mol. The van der Waals surface area contributed by atoms with Gasteiger partial charge in [-0.25, -0.2) is 9.97 Å². The minimum absolute atomic E-state index is 0. The Morgan fingerprint density at radius 1 is 1.15 bits per heavy atom. The van der Waals surface area contributed by atoms with Crippen LogP contribution < -0.4 is 10.2 Å². The van der Waals surface area contributed by atoms with E-state index in [1.165, 1.54) is 15.8 Å². The maximum Gasteiger partial charge on any atom is 0.225 e. The Morgan fingerprint density at radius 3 is 2.70 bits per heavy atom. The smallest absolute Gasteiger partial charge is 0.225 e. The summed E-state index contributed by atoms with van der Waals surface area (Å²) in [4.78, 5) is 28.7. The van der Waals surface area contributed by atoms with Gasteiger partial charge >= 0.3 is 0 Å². The second-order valence-corrected chi connectivity index (χ2v) is 8.55. The Hall–Kier alpha value is -1.44. The number of aromatic nitrogens is 2. The Balaban J connectivity index is 0.00000210. The highest BCUT2D eigenvalue weighted by Crippen LogP contribution is 2.35. The van der Waals surface area contributed by atoms with Gasteiger partial charge in [0, 0.05) is 43.5 Å². The summed E-state index contributed by atoms with van der Waals surface area (Å²) in [6, 6.07) is 0. The lowest BCUT2D eigenvalue weighted by atomic mass is 9.95. The van der Waals surface area contributed by atoms with E-state index in [4.69, 9.17) is 0 Å². The van der Waals surface area contributed by atoms with Crippen LogP contribution in [0.5, 0.6) is 0 Å². The van der Waals surface area contributed by atoms with Gasteiger partial charge in [0.15, 0.2) is 0 Å². The van der Waals surface area contributed by atoms with Crippen LogP contribution in [-0.2, 0) is 4.79 Å². The zero-order valence-electron chi connectivity index (χ0n) is 16.0. The van der Waals surface area contributed by atoms with E-state index >= 15 is 0 Å². The molecule has 0 aromatic carbocycles. The van der Waals surface area contributed by atoms with Gasteiger partial charge in [-0.05, 0) is 45.2 Å². The summed E-state index contributed by atoms with van der Waals surface area (Å²) in [6.45, 7) is 9.76. The van der Waals surface area contributed by atoms with E-state index in [9.17, 15) is 4.79 Å². The molecular formula is C19H28ClN5OS. The van der Waals surface area contributed by atoms with Crippen molar-refractivity contribution in [2.24, 2.45) is 5.92 Å². The molecule has 1 N–H and O–H groups in total. The Morgan fingerprint density at radius 2 is 1.93 bits per heavy atom. The van der Waals surface area contributed by atoms with Gasteiger partial charge in [-0.15, -0.1) is 23.7 Å². The second-order valence-electron chi connectivity index (χ2n) is 7.35. The molecule has 0 saturated carbocycles. The molecule has 148 valence electrons. The summed E-state index contributed by atoms with van der Waals surface area (Å²) < 4.78 is 0. The number of fused-ring (bicyclic) bond motifs is 1. The molecule has 0 spiro atoms. The molecule has 27 heavy (non-hydrogen) atoms. The van der Waals surface area contributed by atoms with Crippen molar-refractivity contribution in [2.45, 2.75) is 33.1 Å². The summed E-state index contributed by atoms with van der Waals surface area (Å²) in [5, 5.41) is 4.57. The number of amides is 1. The molecule has 4 heterocycles. The van der Waals surface area contributed by atoms with Crippen molar-refractivity contribution < 1.29 is 4.79 Å². The summed E-state index contributed by atoms with van der Waals surface area (Å²) >= 11 is 1.74. The van der Waals surface area contributed by atoms with Crippen LogP contribution in [0.4, 0.5) is 5.82 Å². The van der Waals surface area contributed by atoms with Gasteiger partial charge in [-0.1, -0.05) is 0 Å². The maximum absolute atomic E-state index is 12.9. The second kappa shape index (κ2) is 8.71. The molecule has 2 fully saturated rings. The molecule has 1 amide bonds. The lowest BCUT2D eigenvalue weighted by Crippen LogP contribution is -2.44.